The van der Waals surface area contributed by atoms with Crippen molar-refractivity contribution in [3.05, 3.63) is 23.8 Å². The van der Waals surface area contributed by atoms with E-state index in [4.69, 9.17) is 14.3 Å². The second-order valence-electron chi connectivity index (χ2n) is 4.53. The molecule has 1 amide bonds. The van der Waals surface area contributed by atoms with Crippen LogP contribution in [0.4, 0.5) is 0 Å². The Bertz CT molecular complexity index is 461. The van der Waals surface area contributed by atoms with Crippen LogP contribution >= 0.6 is 0 Å². The average molecular weight is 265 g/mol. The van der Waals surface area contributed by atoms with Gasteiger partial charge in [-0.2, -0.15) is 0 Å². The quantitative estimate of drug-likeness (QED) is 0.780. The number of hydrogen-bond donors (Lipinski definition) is 0. The van der Waals surface area contributed by atoms with Crippen molar-refractivity contribution in [1.82, 2.24) is 5.06 Å². The number of ether oxygens (including phenoxy) is 2. The molecule has 0 aromatic heterocycles. The highest BCUT2D eigenvalue weighted by molar-refractivity contribution is 5.78. The topological polar surface area (TPSA) is 48.0 Å². The molecule has 0 saturated heterocycles. The Hall–Kier alpha value is -1.75. The number of carbonyl (C=O) groups is 1. The summed E-state index contributed by atoms with van der Waals surface area (Å²) in [5.74, 6) is 1.45. The zero-order valence-electron chi connectivity index (χ0n) is 11.5. The standard InChI is InChI=1S/C14H19NO4/c1-15(18-3)14(16)10-6-7-19-13-5-4-12(17-2)9-11(13)8-10/h4-5,9-10H,6-8H2,1-3H3. The van der Waals surface area contributed by atoms with Gasteiger partial charge < -0.3 is 9.47 Å². The lowest BCUT2D eigenvalue weighted by Gasteiger charge is -2.20. The van der Waals surface area contributed by atoms with Gasteiger partial charge >= 0.3 is 0 Å². The minimum absolute atomic E-state index is 0.0261. The molecule has 19 heavy (non-hydrogen) atoms. The van der Waals surface area contributed by atoms with E-state index in [1.807, 2.05) is 18.2 Å². The van der Waals surface area contributed by atoms with Crippen molar-refractivity contribution in [3.8, 4) is 11.5 Å². The van der Waals surface area contributed by atoms with Crippen molar-refractivity contribution < 1.29 is 19.1 Å². The van der Waals surface area contributed by atoms with Crippen molar-refractivity contribution in [1.29, 1.82) is 0 Å². The molecule has 1 aliphatic rings. The maximum atomic E-state index is 12.2. The number of nitrogens with zero attached hydrogens (tertiary/aromatic N) is 1. The van der Waals surface area contributed by atoms with E-state index in [1.165, 1.54) is 12.2 Å². The minimum atomic E-state index is -0.127. The number of amides is 1. The number of methoxy groups -OCH3 is 1. The van der Waals surface area contributed by atoms with Crippen molar-refractivity contribution >= 4 is 5.91 Å². The third-order valence-corrected chi connectivity index (χ3v) is 3.39. The highest BCUT2D eigenvalue weighted by atomic mass is 16.7. The van der Waals surface area contributed by atoms with Crippen LogP contribution in [-0.4, -0.2) is 38.8 Å². The molecule has 1 aromatic rings. The fourth-order valence-electron chi connectivity index (χ4n) is 2.22. The van der Waals surface area contributed by atoms with Crippen LogP contribution in [-0.2, 0) is 16.1 Å². The molecular weight excluding hydrogens is 246 g/mol. The molecule has 0 N–H and O–H groups in total. The highest BCUT2D eigenvalue weighted by Crippen LogP contribution is 2.30. The van der Waals surface area contributed by atoms with E-state index in [0.29, 0.717) is 19.4 Å². The summed E-state index contributed by atoms with van der Waals surface area (Å²) in [6.45, 7) is 0.535. The fraction of sp³-hybridized carbons (Fsp3) is 0.500. The van der Waals surface area contributed by atoms with E-state index in [1.54, 1.807) is 14.2 Å². The van der Waals surface area contributed by atoms with Gasteiger partial charge in [-0.1, -0.05) is 0 Å². The molecular formula is C14H19NO4. The lowest BCUT2D eigenvalue weighted by Crippen LogP contribution is -2.33. The maximum absolute atomic E-state index is 12.2. The lowest BCUT2D eigenvalue weighted by molar-refractivity contribution is -0.173. The van der Waals surface area contributed by atoms with Gasteiger partial charge in [0.1, 0.15) is 11.5 Å². The van der Waals surface area contributed by atoms with Crippen molar-refractivity contribution in [2.75, 3.05) is 27.9 Å². The summed E-state index contributed by atoms with van der Waals surface area (Å²) in [5, 5.41) is 1.27. The Morgan fingerprint density at radius 1 is 1.42 bits per heavy atom. The van der Waals surface area contributed by atoms with Gasteiger partial charge in [-0.15, -0.1) is 0 Å². The second kappa shape index (κ2) is 5.93. The number of rotatable bonds is 3. The Morgan fingerprint density at radius 3 is 2.89 bits per heavy atom. The van der Waals surface area contributed by atoms with E-state index in [2.05, 4.69) is 0 Å². The summed E-state index contributed by atoms with van der Waals surface area (Å²) in [7, 11) is 4.74. The molecule has 2 rings (SSSR count). The van der Waals surface area contributed by atoms with Crippen LogP contribution in [0.1, 0.15) is 12.0 Å². The van der Waals surface area contributed by atoms with Gasteiger partial charge in [0.2, 0.25) is 5.91 Å². The molecule has 0 aliphatic carbocycles. The van der Waals surface area contributed by atoms with Crippen LogP contribution in [0, 0.1) is 5.92 Å². The minimum Gasteiger partial charge on any atom is -0.497 e. The van der Waals surface area contributed by atoms with Crippen LogP contribution < -0.4 is 9.47 Å². The third kappa shape index (κ3) is 2.98. The predicted molar refractivity (Wildman–Crippen MR) is 70.1 cm³/mol. The predicted octanol–water partition coefficient (Wildman–Crippen LogP) is 1.66. The van der Waals surface area contributed by atoms with E-state index < -0.39 is 0 Å². The van der Waals surface area contributed by atoms with E-state index >= 15 is 0 Å². The van der Waals surface area contributed by atoms with Crippen molar-refractivity contribution in [2.45, 2.75) is 12.8 Å². The van der Waals surface area contributed by atoms with Crippen LogP contribution in [0.3, 0.4) is 0 Å². The Labute approximate surface area is 113 Å². The molecule has 0 saturated carbocycles. The van der Waals surface area contributed by atoms with Gasteiger partial charge in [0.25, 0.3) is 0 Å². The molecule has 5 heteroatoms. The summed E-state index contributed by atoms with van der Waals surface area (Å²) in [6.07, 6.45) is 1.32. The number of carbonyl (C=O) groups excluding carboxylic acids is 1. The summed E-state index contributed by atoms with van der Waals surface area (Å²) in [4.78, 5) is 17.1. The number of hydrogen-bond acceptors (Lipinski definition) is 4. The Kier molecular flexibility index (Phi) is 4.27. The fourth-order valence-corrected chi connectivity index (χ4v) is 2.22. The van der Waals surface area contributed by atoms with E-state index in [-0.39, 0.29) is 11.8 Å². The molecule has 1 atom stereocenters. The Morgan fingerprint density at radius 2 is 2.21 bits per heavy atom. The first kappa shape index (κ1) is 13.7. The summed E-state index contributed by atoms with van der Waals surface area (Å²) < 4.78 is 10.9. The molecule has 5 nitrogen and oxygen atoms in total. The van der Waals surface area contributed by atoms with Crippen molar-refractivity contribution in [3.63, 3.8) is 0 Å². The molecule has 0 fully saturated rings. The SMILES string of the molecule is COc1ccc2c(c1)CC(C(=O)N(C)OC)CCO2. The molecule has 104 valence electrons. The average Bonchev–Trinajstić information content (AvgIpc) is 2.66. The van der Waals surface area contributed by atoms with Gasteiger partial charge in [0.15, 0.2) is 0 Å². The maximum Gasteiger partial charge on any atom is 0.249 e. The molecule has 1 unspecified atom stereocenters. The summed E-state index contributed by atoms with van der Waals surface area (Å²) >= 11 is 0. The van der Waals surface area contributed by atoms with E-state index in [0.717, 1.165) is 17.1 Å². The number of hydroxylamine groups is 2. The molecule has 0 spiro atoms. The zero-order chi connectivity index (χ0) is 13.8. The van der Waals surface area contributed by atoms with Crippen LogP contribution in [0.15, 0.2) is 18.2 Å². The molecule has 1 aromatic carbocycles. The van der Waals surface area contributed by atoms with Gasteiger partial charge in [-0.3, -0.25) is 9.63 Å². The van der Waals surface area contributed by atoms with Crippen LogP contribution in [0.2, 0.25) is 0 Å². The van der Waals surface area contributed by atoms with Crippen molar-refractivity contribution in [2.24, 2.45) is 5.92 Å². The van der Waals surface area contributed by atoms with Gasteiger partial charge in [-0.25, -0.2) is 5.06 Å². The van der Waals surface area contributed by atoms with Gasteiger partial charge in [0, 0.05) is 13.0 Å². The van der Waals surface area contributed by atoms with E-state index in [9.17, 15) is 4.79 Å². The summed E-state index contributed by atoms with van der Waals surface area (Å²) in [6, 6.07) is 5.68. The van der Waals surface area contributed by atoms with Crippen LogP contribution in [0.5, 0.6) is 11.5 Å². The highest BCUT2D eigenvalue weighted by Gasteiger charge is 2.26. The first-order valence-corrected chi connectivity index (χ1v) is 6.27. The first-order valence-electron chi connectivity index (χ1n) is 6.27. The Balaban J connectivity index is 2.21. The smallest absolute Gasteiger partial charge is 0.249 e. The molecule has 0 bridgehead atoms. The largest absolute Gasteiger partial charge is 0.497 e. The number of fused-ring (bicyclic) bond motifs is 1. The normalized spacial score (nSPS) is 17.9. The number of benzene rings is 1. The lowest BCUT2D eigenvalue weighted by atomic mass is 9.96. The van der Waals surface area contributed by atoms with Gasteiger partial charge in [0.05, 0.1) is 20.8 Å². The third-order valence-electron chi connectivity index (χ3n) is 3.39. The second-order valence-corrected chi connectivity index (χ2v) is 4.53. The zero-order valence-corrected chi connectivity index (χ0v) is 11.5. The first-order chi connectivity index (χ1) is 9.15. The van der Waals surface area contributed by atoms with Crippen LogP contribution in [0.25, 0.3) is 0 Å². The molecule has 1 heterocycles. The van der Waals surface area contributed by atoms with Gasteiger partial charge in [-0.05, 0) is 36.6 Å². The molecule has 1 aliphatic heterocycles. The monoisotopic (exact) mass is 265 g/mol. The molecule has 0 radical (unpaired) electrons. The summed E-state index contributed by atoms with van der Waals surface area (Å²) in [5.41, 5.74) is 1.000.